The number of rotatable bonds is 9. The summed E-state index contributed by atoms with van der Waals surface area (Å²) in [7, 11) is 1.60. The van der Waals surface area contributed by atoms with Gasteiger partial charge in [-0.2, -0.15) is 0 Å². The first kappa shape index (κ1) is 20.5. The Bertz CT molecular complexity index is 528. The van der Waals surface area contributed by atoms with Crippen LogP contribution in [0.3, 0.4) is 0 Å². The summed E-state index contributed by atoms with van der Waals surface area (Å²) in [5, 5.41) is 15.7. The third kappa shape index (κ3) is 7.22. The zero-order valence-electron chi connectivity index (χ0n) is 16.0. The van der Waals surface area contributed by atoms with Crippen LogP contribution in [-0.4, -0.2) is 55.9 Å². The summed E-state index contributed by atoms with van der Waals surface area (Å²) < 4.78 is 5.09. The molecule has 1 saturated heterocycles. The lowest BCUT2D eigenvalue weighted by atomic mass is 9.99. The van der Waals surface area contributed by atoms with Crippen molar-refractivity contribution >= 4 is 6.03 Å². The number of methoxy groups -OCH3 is 1. The van der Waals surface area contributed by atoms with Gasteiger partial charge >= 0.3 is 6.03 Å². The zero-order valence-corrected chi connectivity index (χ0v) is 16.0. The normalized spacial score (nSPS) is 16.9. The van der Waals surface area contributed by atoms with Gasteiger partial charge in [0.25, 0.3) is 0 Å². The fourth-order valence-corrected chi connectivity index (χ4v) is 3.14. The van der Waals surface area contributed by atoms with Gasteiger partial charge in [-0.15, -0.1) is 0 Å². The van der Waals surface area contributed by atoms with Gasteiger partial charge in [-0.25, -0.2) is 4.79 Å². The van der Waals surface area contributed by atoms with E-state index < -0.39 is 6.10 Å². The number of aliphatic hydroxyl groups excluding tert-OH is 1. The topological polar surface area (TPSA) is 73.8 Å². The van der Waals surface area contributed by atoms with Crippen molar-refractivity contribution < 1.29 is 14.6 Å². The van der Waals surface area contributed by atoms with Crippen LogP contribution in [0.1, 0.15) is 44.3 Å². The highest BCUT2D eigenvalue weighted by Gasteiger charge is 2.14. The number of unbranched alkanes of at least 4 members (excludes halogenated alkanes) is 1. The number of piperidine rings is 1. The summed E-state index contributed by atoms with van der Waals surface area (Å²) in [4.78, 5) is 14.3. The van der Waals surface area contributed by atoms with E-state index >= 15 is 0 Å². The number of benzene rings is 1. The summed E-state index contributed by atoms with van der Waals surface area (Å²) in [5.74, 6) is 1.61. The quantitative estimate of drug-likeness (QED) is 0.590. The average Bonchev–Trinajstić information content (AvgIpc) is 2.67. The molecule has 6 heteroatoms. The fourth-order valence-electron chi connectivity index (χ4n) is 3.14. The number of carbonyl (C=O) groups is 1. The largest absolute Gasteiger partial charge is 0.497 e. The maximum absolute atomic E-state index is 11.8. The number of likely N-dealkylation sites (tertiary alicyclic amines) is 1. The summed E-state index contributed by atoms with van der Waals surface area (Å²) in [6.07, 6.45) is 3.95. The van der Waals surface area contributed by atoms with Crippen LogP contribution in [0, 0.1) is 5.92 Å². The van der Waals surface area contributed by atoms with Crippen molar-refractivity contribution in [1.29, 1.82) is 0 Å². The monoisotopic (exact) mass is 363 g/mol. The first-order valence-electron chi connectivity index (χ1n) is 9.64. The van der Waals surface area contributed by atoms with Crippen LogP contribution in [0.4, 0.5) is 4.79 Å². The van der Waals surface area contributed by atoms with Crippen molar-refractivity contribution in [3.63, 3.8) is 0 Å². The van der Waals surface area contributed by atoms with Crippen LogP contribution < -0.4 is 15.4 Å². The molecule has 0 bridgehead atoms. The van der Waals surface area contributed by atoms with Gasteiger partial charge in [0.1, 0.15) is 5.75 Å². The maximum atomic E-state index is 11.8. The average molecular weight is 364 g/mol. The number of hydrogen-bond donors (Lipinski definition) is 3. The fraction of sp³-hybridized carbons (Fsp3) is 0.650. The Balaban J connectivity index is 1.53. The van der Waals surface area contributed by atoms with Crippen molar-refractivity contribution in [2.45, 2.75) is 38.7 Å². The van der Waals surface area contributed by atoms with Gasteiger partial charge in [0.05, 0.1) is 13.2 Å². The first-order valence-corrected chi connectivity index (χ1v) is 9.64. The third-order valence-corrected chi connectivity index (χ3v) is 5.02. The van der Waals surface area contributed by atoms with E-state index in [-0.39, 0.29) is 12.6 Å². The molecule has 1 unspecified atom stereocenters. The van der Waals surface area contributed by atoms with E-state index in [4.69, 9.17) is 4.74 Å². The van der Waals surface area contributed by atoms with E-state index in [2.05, 4.69) is 22.5 Å². The number of aliphatic hydroxyl groups is 1. The molecule has 1 aliphatic heterocycles. The van der Waals surface area contributed by atoms with Crippen molar-refractivity contribution in [3.05, 3.63) is 29.8 Å². The van der Waals surface area contributed by atoms with Crippen molar-refractivity contribution in [3.8, 4) is 5.75 Å². The summed E-state index contributed by atoms with van der Waals surface area (Å²) in [6.45, 7) is 6.70. The van der Waals surface area contributed by atoms with Crippen LogP contribution in [0.5, 0.6) is 5.75 Å². The van der Waals surface area contributed by atoms with Gasteiger partial charge in [-0.05, 0) is 68.9 Å². The molecule has 1 atom stereocenters. The standard InChI is InChI=1S/C20H33N3O3/c1-16-9-13-23(14-10-16)12-4-3-11-21-20(25)22-15-19(24)17-5-7-18(26-2)8-6-17/h5-8,16,19,24H,3-4,9-15H2,1-2H3,(H2,21,22,25). The molecule has 1 aromatic carbocycles. The van der Waals surface area contributed by atoms with Crippen LogP contribution in [0.2, 0.25) is 0 Å². The number of ether oxygens (including phenoxy) is 1. The van der Waals surface area contributed by atoms with Gasteiger partial charge in [0.2, 0.25) is 0 Å². The highest BCUT2D eigenvalue weighted by Crippen LogP contribution is 2.17. The molecule has 3 N–H and O–H groups in total. The molecule has 26 heavy (non-hydrogen) atoms. The zero-order chi connectivity index (χ0) is 18.8. The molecule has 146 valence electrons. The molecule has 1 heterocycles. The maximum Gasteiger partial charge on any atom is 0.314 e. The summed E-state index contributed by atoms with van der Waals surface area (Å²) in [5.41, 5.74) is 0.752. The molecule has 0 saturated carbocycles. The highest BCUT2D eigenvalue weighted by atomic mass is 16.5. The number of urea groups is 1. The Morgan fingerprint density at radius 2 is 1.92 bits per heavy atom. The van der Waals surface area contributed by atoms with Gasteiger partial charge < -0.3 is 25.4 Å². The van der Waals surface area contributed by atoms with Crippen molar-refractivity contribution in [2.24, 2.45) is 5.92 Å². The van der Waals surface area contributed by atoms with Crippen molar-refractivity contribution in [2.75, 3.05) is 39.8 Å². The lowest BCUT2D eigenvalue weighted by Crippen LogP contribution is -2.38. The Hall–Kier alpha value is -1.79. The van der Waals surface area contributed by atoms with E-state index in [0.29, 0.717) is 6.54 Å². The lowest BCUT2D eigenvalue weighted by Gasteiger charge is -2.30. The molecule has 1 fully saturated rings. The number of hydrogen-bond acceptors (Lipinski definition) is 4. The molecule has 0 aromatic heterocycles. The molecule has 0 aliphatic carbocycles. The minimum Gasteiger partial charge on any atom is -0.497 e. The summed E-state index contributed by atoms with van der Waals surface area (Å²) >= 11 is 0. The van der Waals surface area contributed by atoms with Crippen LogP contribution in [-0.2, 0) is 0 Å². The molecule has 2 amide bonds. The van der Waals surface area contributed by atoms with Crippen LogP contribution in [0.25, 0.3) is 0 Å². The third-order valence-electron chi connectivity index (χ3n) is 5.02. The Kier molecular flexibility index (Phi) is 8.71. The smallest absolute Gasteiger partial charge is 0.314 e. The minimum atomic E-state index is -0.729. The Morgan fingerprint density at radius 3 is 2.58 bits per heavy atom. The van der Waals surface area contributed by atoms with Gasteiger partial charge in [0.15, 0.2) is 0 Å². The Morgan fingerprint density at radius 1 is 1.23 bits per heavy atom. The SMILES string of the molecule is COc1ccc(C(O)CNC(=O)NCCCCN2CCC(C)CC2)cc1. The van der Waals surface area contributed by atoms with Crippen molar-refractivity contribution in [1.82, 2.24) is 15.5 Å². The predicted octanol–water partition coefficient (Wildman–Crippen LogP) is 2.54. The van der Waals surface area contributed by atoms with E-state index in [1.165, 1.54) is 25.9 Å². The Labute approximate surface area is 156 Å². The molecule has 1 aliphatic rings. The highest BCUT2D eigenvalue weighted by molar-refractivity contribution is 5.73. The van der Waals surface area contributed by atoms with Gasteiger partial charge in [-0.1, -0.05) is 19.1 Å². The second kappa shape index (κ2) is 11.0. The number of nitrogens with one attached hydrogen (secondary N) is 2. The first-order chi connectivity index (χ1) is 12.6. The summed E-state index contributed by atoms with van der Waals surface area (Å²) in [6, 6.07) is 6.95. The van der Waals surface area contributed by atoms with Gasteiger partial charge in [-0.3, -0.25) is 0 Å². The van der Waals surface area contributed by atoms with Gasteiger partial charge in [0, 0.05) is 13.1 Å². The number of carbonyl (C=O) groups excluding carboxylic acids is 1. The molecular formula is C20H33N3O3. The molecule has 0 radical (unpaired) electrons. The molecule has 1 aromatic rings. The predicted molar refractivity (Wildman–Crippen MR) is 103 cm³/mol. The van der Waals surface area contributed by atoms with E-state index in [1.54, 1.807) is 31.4 Å². The van der Waals surface area contributed by atoms with E-state index in [1.807, 2.05) is 0 Å². The molecule has 6 nitrogen and oxygen atoms in total. The molecular weight excluding hydrogens is 330 g/mol. The second-order valence-electron chi connectivity index (χ2n) is 7.16. The number of nitrogens with zero attached hydrogens (tertiary/aromatic N) is 1. The van der Waals surface area contributed by atoms with Crippen LogP contribution >= 0.6 is 0 Å². The van der Waals surface area contributed by atoms with E-state index in [0.717, 1.165) is 36.6 Å². The number of amides is 2. The second-order valence-corrected chi connectivity index (χ2v) is 7.16. The lowest BCUT2D eigenvalue weighted by molar-refractivity contribution is 0.173. The molecule has 2 rings (SSSR count). The van der Waals surface area contributed by atoms with E-state index in [9.17, 15) is 9.90 Å². The van der Waals surface area contributed by atoms with Crippen LogP contribution in [0.15, 0.2) is 24.3 Å². The minimum absolute atomic E-state index is 0.185. The molecule has 0 spiro atoms.